The summed E-state index contributed by atoms with van der Waals surface area (Å²) in [6.45, 7) is 0. The minimum absolute atomic E-state index is 1.03. The Hall–Kier alpha value is -6.23. The van der Waals surface area contributed by atoms with Crippen molar-refractivity contribution in [2.75, 3.05) is 4.90 Å². The van der Waals surface area contributed by atoms with Crippen LogP contribution < -0.4 is 4.90 Å². The Bertz CT molecular complexity index is 2820. The van der Waals surface area contributed by atoms with E-state index in [0.717, 1.165) is 28.3 Å². The number of hydrogen-bond acceptors (Lipinski definition) is 3. The van der Waals surface area contributed by atoms with Crippen molar-refractivity contribution in [3.8, 4) is 16.8 Å². The molecule has 0 fully saturated rings. The lowest BCUT2D eigenvalue weighted by molar-refractivity contribution is 1.18. The minimum atomic E-state index is 1.03. The summed E-state index contributed by atoms with van der Waals surface area (Å²) in [5.41, 5.74) is 10.3. The van der Waals surface area contributed by atoms with Crippen molar-refractivity contribution in [2.24, 2.45) is 0 Å². The third-order valence-electron chi connectivity index (χ3n) is 9.62. The Morgan fingerprint density at radius 1 is 0.449 bits per heavy atom. The first-order chi connectivity index (χ1) is 24.3. The lowest BCUT2D eigenvalue weighted by Crippen LogP contribution is -2.10. The quantitative estimate of drug-likeness (QED) is 0.186. The van der Waals surface area contributed by atoms with Gasteiger partial charge in [0.2, 0.25) is 0 Å². The maximum absolute atomic E-state index is 4.62. The molecule has 3 heterocycles. The molecule has 0 atom stereocenters. The van der Waals surface area contributed by atoms with E-state index in [9.17, 15) is 0 Å². The van der Waals surface area contributed by atoms with Gasteiger partial charge in [-0.25, -0.2) is 0 Å². The van der Waals surface area contributed by atoms with Crippen molar-refractivity contribution in [1.29, 1.82) is 0 Å². The molecule has 0 amide bonds. The van der Waals surface area contributed by atoms with Crippen molar-refractivity contribution in [2.45, 2.75) is 0 Å². The van der Waals surface area contributed by atoms with E-state index in [1.54, 1.807) is 0 Å². The molecule has 0 aliphatic carbocycles. The number of pyridine rings is 1. The molecule has 230 valence electrons. The van der Waals surface area contributed by atoms with Gasteiger partial charge >= 0.3 is 0 Å². The smallest absolute Gasteiger partial charge is 0.0716 e. The molecule has 0 bridgehead atoms. The summed E-state index contributed by atoms with van der Waals surface area (Å²) >= 11 is 1.84. The topological polar surface area (TPSA) is 21.1 Å². The third kappa shape index (κ3) is 4.53. The Morgan fingerprint density at radius 2 is 1.10 bits per heavy atom. The number of rotatable bonds is 5. The van der Waals surface area contributed by atoms with Gasteiger partial charge < -0.3 is 9.47 Å². The van der Waals surface area contributed by atoms with Crippen LogP contribution >= 0.6 is 11.3 Å². The van der Waals surface area contributed by atoms with Gasteiger partial charge in [0.05, 0.1) is 16.6 Å². The van der Waals surface area contributed by atoms with Gasteiger partial charge in [0.1, 0.15) is 0 Å². The second-order valence-corrected chi connectivity index (χ2v) is 13.5. The van der Waals surface area contributed by atoms with Gasteiger partial charge in [-0.15, -0.1) is 11.3 Å². The lowest BCUT2D eigenvalue weighted by Gasteiger charge is -2.26. The second kappa shape index (κ2) is 11.2. The Balaban J connectivity index is 1.21. The van der Waals surface area contributed by atoms with Gasteiger partial charge in [0.15, 0.2) is 0 Å². The van der Waals surface area contributed by atoms with Gasteiger partial charge in [0.25, 0.3) is 0 Å². The highest BCUT2D eigenvalue weighted by atomic mass is 32.1. The summed E-state index contributed by atoms with van der Waals surface area (Å²) in [6.07, 6.45) is 1.87. The van der Waals surface area contributed by atoms with E-state index in [-0.39, 0.29) is 0 Å². The van der Waals surface area contributed by atoms with Crippen molar-refractivity contribution < 1.29 is 0 Å². The molecule has 0 aliphatic rings. The monoisotopic (exact) mass is 643 g/mol. The standard InChI is InChI=1S/C45H29N3S/c1-3-10-30(11-4-1)31-17-19-33(20-18-31)47(34-22-26-44-40(28-34)38-24-25-41-39(45(38)49-44)15-9-27-46-41)35-21-23-37-36-14-7-8-16-42(36)48(43(37)29-35)32-12-5-2-6-13-32/h1-29H. The number of para-hydroxylation sites is 2. The molecule has 3 nitrogen and oxygen atoms in total. The zero-order chi connectivity index (χ0) is 32.3. The number of thiophene rings is 1. The molecule has 0 aliphatic heterocycles. The summed E-state index contributed by atoms with van der Waals surface area (Å²) in [6, 6.07) is 61.3. The van der Waals surface area contributed by atoms with Crippen LogP contribution in [0.2, 0.25) is 0 Å². The first kappa shape index (κ1) is 27.8. The van der Waals surface area contributed by atoms with E-state index in [1.165, 1.54) is 58.5 Å². The molecular formula is C45H29N3S. The Morgan fingerprint density at radius 3 is 1.96 bits per heavy atom. The molecule has 0 saturated carbocycles. The van der Waals surface area contributed by atoms with Gasteiger partial charge in [-0.2, -0.15) is 0 Å². The average Bonchev–Trinajstić information content (AvgIpc) is 3.71. The molecule has 4 heteroatoms. The normalized spacial score (nSPS) is 11.7. The van der Waals surface area contributed by atoms with E-state index in [0.29, 0.717) is 0 Å². The fourth-order valence-electron chi connectivity index (χ4n) is 7.35. The van der Waals surface area contributed by atoms with Crippen LogP contribution in [0.25, 0.3) is 69.7 Å². The molecular weight excluding hydrogens is 615 g/mol. The van der Waals surface area contributed by atoms with Gasteiger partial charge in [-0.1, -0.05) is 91.0 Å². The summed E-state index contributed by atoms with van der Waals surface area (Å²) < 4.78 is 4.94. The zero-order valence-electron chi connectivity index (χ0n) is 26.5. The van der Waals surface area contributed by atoms with Crippen molar-refractivity contribution in [3.05, 3.63) is 176 Å². The van der Waals surface area contributed by atoms with Crippen molar-refractivity contribution >= 4 is 81.3 Å². The molecule has 0 unspecified atom stereocenters. The van der Waals surface area contributed by atoms with Crippen LogP contribution in [-0.4, -0.2) is 9.55 Å². The number of benzene rings is 7. The maximum atomic E-state index is 4.62. The molecule has 10 aromatic rings. The van der Waals surface area contributed by atoms with Crippen LogP contribution in [0.4, 0.5) is 17.1 Å². The van der Waals surface area contributed by atoms with Crippen molar-refractivity contribution in [1.82, 2.24) is 9.55 Å². The van der Waals surface area contributed by atoms with Crippen LogP contribution in [0.5, 0.6) is 0 Å². The molecule has 10 rings (SSSR count). The highest BCUT2D eigenvalue weighted by molar-refractivity contribution is 7.26. The van der Waals surface area contributed by atoms with E-state index >= 15 is 0 Å². The first-order valence-corrected chi connectivity index (χ1v) is 17.4. The van der Waals surface area contributed by atoms with Crippen LogP contribution in [-0.2, 0) is 0 Å². The highest BCUT2D eigenvalue weighted by Crippen LogP contribution is 2.44. The number of hydrogen-bond donors (Lipinski definition) is 0. The SMILES string of the molecule is c1ccc(-c2ccc(N(c3ccc4sc5c6cccnc6ccc5c4c3)c3ccc4c5ccccc5n(-c5ccccc5)c4c3)cc2)cc1. The van der Waals surface area contributed by atoms with Crippen LogP contribution in [0.15, 0.2) is 176 Å². The summed E-state index contributed by atoms with van der Waals surface area (Å²) in [7, 11) is 0. The molecule has 0 N–H and O–H groups in total. The second-order valence-electron chi connectivity index (χ2n) is 12.4. The first-order valence-electron chi connectivity index (χ1n) is 16.5. The fraction of sp³-hybridized carbons (Fsp3) is 0. The number of anilines is 3. The largest absolute Gasteiger partial charge is 0.310 e. The lowest BCUT2D eigenvalue weighted by atomic mass is 10.0. The zero-order valence-corrected chi connectivity index (χ0v) is 27.3. The number of nitrogens with zero attached hydrogens (tertiary/aromatic N) is 3. The van der Waals surface area contributed by atoms with Crippen molar-refractivity contribution in [3.63, 3.8) is 0 Å². The van der Waals surface area contributed by atoms with Gasteiger partial charge in [-0.05, 0) is 90.0 Å². The number of fused-ring (bicyclic) bond motifs is 8. The van der Waals surface area contributed by atoms with E-state index < -0.39 is 0 Å². The van der Waals surface area contributed by atoms with Crippen LogP contribution in [0.3, 0.4) is 0 Å². The molecule has 3 aromatic heterocycles. The van der Waals surface area contributed by atoms with Crippen LogP contribution in [0.1, 0.15) is 0 Å². The highest BCUT2D eigenvalue weighted by Gasteiger charge is 2.19. The van der Waals surface area contributed by atoms with E-state index in [4.69, 9.17) is 0 Å². The average molecular weight is 644 g/mol. The predicted octanol–water partition coefficient (Wildman–Crippen LogP) is 12.8. The predicted molar refractivity (Wildman–Crippen MR) is 209 cm³/mol. The molecule has 0 radical (unpaired) electrons. The number of aromatic nitrogens is 2. The Kier molecular flexibility index (Phi) is 6.36. The van der Waals surface area contributed by atoms with E-state index in [1.807, 2.05) is 23.6 Å². The van der Waals surface area contributed by atoms with Crippen LogP contribution in [0, 0.1) is 0 Å². The molecule has 49 heavy (non-hydrogen) atoms. The minimum Gasteiger partial charge on any atom is -0.310 e. The molecule has 7 aromatic carbocycles. The summed E-state index contributed by atoms with van der Waals surface area (Å²) in [5.74, 6) is 0. The summed E-state index contributed by atoms with van der Waals surface area (Å²) in [4.78, 5) is 7.02. The Labute approximate surface area is 287 Å². The molecule has 0 saturated heterocycles. The summed E-state index contributed by atoms with van der Waals surface area (Å²) in [5, 5.41) is 6.22. The third-order valence-corrected chi connectivity index (χ3v) is 10.8. The molecule has 0 spiro atoms. The maximum Gasteiger partial charge on any atom is 0.0716 e. The van der Waals surface area contributed by atoms with E-state index in [2.05, 4.69) is 178 Å². The fourth-order valence-corrected chi connectivity index (χ4v) is 8.55. The van der Waals surface area contributed by atoms with Gasteiger partial charge in [0, 0.05) is 65.3 Å². The van der Waals surface area contributed by atoms with Gasteiger partial charge in [-0.3, -0.25) is 4.98 Å².